The fraction of sp³-hybridized carbons (Fsp3) is 0.278. The van der Waals surface area contributed by atoms with Crippen molar-refractivity contribution in [2.24, 2.45) is 0 Å². The summed E-state index contributed by atoms with van der Waals surface area (Å²) in [5, 5.41) is 18.9. The van der Waals surface area contributed by atoms with Crippen molar-refractivity contribution in [3.05, 3.63) is 45.7 Å². The number of aromatic carboxylic acids is 2. The van der Waals surface area contributed by atoms with Crippen LogP contribution in [0.25, 0.3) is 11.1 Å². The molecule has 9 heteroatoms. The number of pyridine rings is 1. The second-order valence-electron chi connectivity index (χ2n) is 6.14. The van der Waals surface area contributed by atoms with E-state index >= 15 is 0 Å². The Balaban J connectivity index is 2.51. The fourth-order valence-corrected chi connectivity index (χ4v) is 2.65. The number of nitrogen functional groups attached to an aromatic ring is 1. The Labute approximate surface area is 155 Å². The van der Waals surface area contributed by atoms with Crippen LogP contribution in [-0.2, 0) is 0 Å². The van der Waals surface area contributed by atoms with E-state index < -0.39 is 34.4 Å². The molecule has 0 bridgehead atoms. The second-order valence-corrected chi connectivity index (χ2v) is 6.14. The lowest BCUT2D eigenvalue weighted by Gasteiger charge is -2.14. The number of nitrogens with one attached hydrogen (secondary N) is 1. The molecule has 0 amide bonds. The van der Waals surface area contributed by atoms with Gasteiger partial charge in [0.25, 0.3) is 5.56 Å². The molecule has 0 fully saturated rings. The van der Waals surface area contributed by atoms with Crippen LogP contribution in [0.3, 0.4) is 0 Å². The van der Waals surface area contributed by atoms with Gasteiger partial charge in [-0.15, -0.1) is 0 Å². The van der Waals surface area contributed by atoms with E-state index in [1.54, 1.807) is 12.1 Å². The van der Waals surface area contributed by atoms with Gasteiger partial charge in [0.1, 0.15) is 22.7 Å². The molecule has 0 radical (unpaired) electrons. The van der Waals surface area contributed by atoms with E-state index in [0.717, 1.165) is 13.0 Å². The molecule has 0 aliphatic carbocycles. The minimum absolute atomic E-state index is 0.215. The van der Waals surface area contributed by atoms with Gasteiger partial charge in [0.2, 0.25) is 0 Å². The number of rotatable bonds is 8. The molecule has 0 spiro atoms. The Bertz CT molecular complexity index is 920. The number of nitrogens with zero attached hydrogens (tertiary/aromatic N) is 1. The van der Waals surface area contributed by atoms with E-state index in [1.165, 1.54) is 12.1 Å². The molecule has 0 aliphatic rings. The lowest BCUT2D eigenvalue weighted by Crippen LogP contribution is -2.24. The predicted molar refractivity (Wildman–Crippen MR) is 99.5 cm³/mol. The number of anilines is 1. The molecule has 5 N–H and O–H groups in total. The van der Waals surface area contributed by atoms with Crippen molar-refractivity contribution in [1.29, 1.82) is 0 Å². The maximum Gasteiger partial charge on any atom is 0.342 e. The average molecular weight is 375 g/mol. The molecule has 0 aliphatic heterocycles. The Morgan fingerprint density at radius 3 is 2.44 bits per heavy atom. The number of H-pyrrole nitrogens is 1. The number of carboxylic acid groups (broad SMARTS) is 2. The van der Waals surface area contributed by atoms with Gasteiger partial charge in [-0.05, 0) is 38.2 Å². The van der Waals surface area contributed by atoms with Crippen LogP contribution < -0.4 is 16.0 Å². The van der Waals surface area contributed by atoms with Gasteiger partial charge in [0.05, 0.1) is 6.61 Å². The van der Waals surface area contributed by atoms with Crippen molar-refractivity contribution in [2.45, 2.75) is 6.42 Å². The highest BCUT2D eigenvalue weighted by molar-refractivity contribution is 6.07. The monoisotopic (exact) mass is 375 g/mol. The summed E-state index contributed by atoms with van der Waals surface area (Å²) in [6, 6.07) is 6.24. The highest BCUT2D eigenvalue weighted by Gasteiger charge is 2.26. The lowest BCUT2D eigenvalue weighted by molar-refractivity contribution is 0.0695. The second kappa shape index (κ2) is 8.37. The number of nitrogens with two attached hydrogens (primary N) is 1. The molecule has 0 atom stereocenters. The van der Waals surface area contributed by atoms with Crippen molar-refractivity contribution in [2.75, 3.05) is 33.0 Å². The van der Waals surface area contributed by atoms with E-state index in [4.69, 9.17) is 10.5 Å². The summed E-state index contributed by atoms with van der Waals surface area (Å²) in [6.45, 7) is 1.26. The van der Waals surface area contributed by atoms with Crippen LogP contribution in [0.1, 0.15) is 27.1 Å². The Morgan fingerprint density at radius 2 is 1.85 bits per heavy atom. The average Bonchev–Trinajstić information content (AvgIpc) is 2.57. The van der Waals surface area contributed by atoms with E-state index in [-0.39, 0.29) is 11.1 Å². The van der Waals surface area contributed by atoms with Crippen LogP contribution in [0.15, 0.2) is 29.1 Å². The van der Waals surface area contributed by atoms with Gasteiger partial charge in [0, 0.05) is 12.1 Å². The molecule has 1 heterocycles. The molecule has 2 aromatic rings. The van der Waals surface area contributed by atoms with E-state index in [9.17, 15) is 24.6 Å². The first-order valence-corrected chi connectivity index (χ1v) is 8.12. The van der Waals surface area contributed by atoms with Crippen LogP contribution in [0.5, 0.6) is 5.75 Å². The van der Waals surface area contributed by atoms with Crippen molar-refractivity contribution in [1.82, 2.24) is 9.88 Å². The third-order valence-corrected chi connectivity index (χ3v) is 3.81. The highest BCUT2D eigenvalue weighted by Crippen LogP contribution is 2.31. The molecule has 0 saturated carbocycles. The van der Waals surface area contributed by atoms with E-state index in [1.807, 2.05) is 19.0 Å². The Hall–Kier alpha value is -3.33. The maximum absolute atomic E-state index is 12.1. The van der Waals surface area contributed by atoms with Crippen LogP contribution in [0, 0.1) is 0 Å². The highest BCUT2D eigenvalue weighted by atomic mass is 16.5. The maximum atomic E-state index is 12.1. The Morgan fingerprint density at radius 1 is 1.19 bits per heavy atom. The molecule has 144 valence electrons. The number of aromatic nitrogens is 1. The third kappa shape index (κ3) is 4.64. The minimum Gasteiger partial charge on any atom is -0.494 e. The van der Waals surface area contributed by atoms with Crippen molar-refractivity contribution in [3.8, 4) is 16.9 Å². The quantitative estimate of drug-likeness (QED) is 0.506. The molecule has 1 aromatic heterocycles. The third-order valence-electron chi connectivity index (χ3n) is 3.81. The molecular formula is C18H21N3O6. The zero-order chi connectivity index (χ0) is 20.1. The molecule has 9 nitrogen and oxygen atoms in total. The number of hydrogen-bond donors (Lipinski definition) is 4. The van der Waals surface area contributed by atoms with Gasteiger partial charge in [0.15, 0.2) is 0 Å². The van der Waals surface area contributed by atoms with Gasteiger partial charge < -0.3 is 30.6 Å². The fourth-order valence-electron chi connectivity index (χ4n) is 2.65. The number of hydrogen-bond acceptors (Lipinski definition) is 6. The summed E-state index contributed by atoms with van der Waals surface area (Å²) in [5.41, 5.74) is 3.45. The van der Waals surface area contributed by atoms with Crippen LogP contribution in [0.2, 0.25) is 0 Å². The number of carbonyl (C=O) groups is 2. The first kappa shape index (κ1) is 20.0. The number of ether oxygens (including phenoxy) is 1. The smallest absolute Gasteiger partial charge is 0.342 e. The standard InChI is InChI=1S/C18H21N3O6/c1-21(2)7-4-8-27-11-6-3-5-10(9-11)12-13(17(23)24)15(19)20-16(22)14(12)18(25)26/h3,5-6,9H,4,7-8H2,1-2H3,(H,23,24)(H,25,26)(H3,19,20,22). The number of benzene rings is 1. The summed E-state index contributed by atoms with van der Waals surface area (Å²) in [7, 11) is 3.89. The predicted octanol–water partition coefficient (Wildman–Crippen LogP) is 1.35. The van der Waals surface area contributed by atoms with Crippen LogP contribution in [0.4, 0.5) is 5.82 Å². The van der Waals surface area contributed by atoms with Gasteiger partial charge in [-0.2, -0.15) is 0 Å². The van der Waals surface area contributed by atoms with Gasteiger partial charge in [-0.1, -0.05) is 12.1 Å². The van der Waals surface area contributed by atoms with Gasteiger partial charge >= 0.3 is 11.9 Å². The van der Waals surface area contributed by atoms with Crippen LogP contribution >= 0.6 is 0 Å². The van der Waals surface area contributed by atoms with Crippen molar-refractivity contribution < 1.29 is 24.5 Å². The zero-order valence-electron chi connectivity index (χ0n) is 15.0. The van der Waals surface area contributed by atoms with Crippen molar-refractivity contribution in [3.63, 3.8) is 0 Å². The van der Waals surface area contributed by atoms with E-state index in [0.29, 0.717) is 12.4 Å². The number of carboxylic acids is 2. The van der Waals surface area contributed by atoms with Crippen molar-refractivity contribution >= 4 is 17.8 Å². The largest absolute Gasteiger partial charge is 0.494 e. The van der Waals surface area contributed by atoms with E-state index in [2.05, 4.69) is 4.98 Å². The molecule has 0 saturated heterocycles. The summed E-state index contributed by atoms with van der Waals surface area (Å²) in [5.74, 6) is -2.98. The summed E-state index contributed by atoms with van der Waals surface area (Å²) >= 11 is 0. The number of aromatic amines is 1. The topological polar surface area (TPSA) is 146 Å². The first-order valence-electron chi connectivity index (χ1n) is 8.12. The van der Waals surface area contributed by atoms with Crippen LogP contribution in [-0.4, -0.2) is 59.3 Å². The molecule has 27 heavy (non-hydrogen) atoms. The summed E-state index contributed by atoms with van der Waals surface area (Å²) < 4.78 is 5.64. The first-order chi connectivity index (χ1) is 12.7. The lowest BCUT2D eigenvalue weighted by atomic mass is 9.95. The molecular weight excluding hydrogens is 354 g/mol. The summed E-state index contributed by atoms with van der Waals surface area (Å²) in [6.07, 6.45) is 0.774. The van der Waals surface area contributed by atoms with Gasteiger partial charge in [-0.25, -0.2) is 9.59 Å². The zero-order valence-corrected chi connectivity index (χ0v) is 15.0. The minimum atomic E-state index is -1.55. The SMILES string of the molecule is CN(C)CCCOc1cccc(-c2c(C(=O)O)c(N)[nH]c(=O)c2C(=O)O)c1. The molecule has 2 rings (SSSR count). The Kier molecular flexibility index (Phi) is 6.19. The normalized spacial score (nSPS) is 10.8. The summed E-state index contributed by atoms with van der Waals surface area (Å²) in [4.78, 5) is 39.4. The molecule has 1 aromatic carbocycles. The van der Waals surface area contributed by atoms with Gasteiger partial charge in [-0.3, -0.25) is 4.79 Å². The molecule has 0 unspecified atom stereocenters.